The van der Waals surface area contributed by atoms with Crippen LogP contribution in [0.25, 0.3) is 0 Å². The highest BCUT2D eigenvalue weighted by Crippen LogP contribution is 2.39. The van der Waals surface area contributed by atoms with Crippen molar-refractivity contribution in [1.82, 2.24) is 0 Å². The Morgan fingerprint density at radius 1 is 0.508 bits per heavy atom. The van der Waals surface area contributed by atoms with Gasteiger partial charge in [0.1, 0.15) is 42.7 Å². The molecule has 8 rings (SSSR count). The second-order valence-corrected chi connectivity index (χ2v) is 15.0. The minimum Gasteiger partial charge on any atom is -0.467 e. The van der Waals surface area contributed by atoms with Crippen molar-refractivity contribution in [3.8, 4) is 0 Å². The van der Waals surface area contributed by atoms with Gasteiger partial charge in [0.05, 0.1) is 40.1 Å². The van der Waals surface area contributed by atoms with Gasteiger partial charge in [0.25, 0.3) is 0 Å². The van der Waals surface area contributed by atoms with Gasteiger partial charge in [-0.3, -0.25) is 0 Å². The third-order valence-corrected chi connectivity index (χ3v) is 10.9. The Morgan fingerprint density at radius 3 is 1.46 bits per heavy atom. The molecule has 0 saturated carbocycles. The molecular formula is C49H52O12. The first-order valence-electron chi connectivity index (χ1n) is 20.6. The molecule has 0 aromatic heterocycles. The molecule has 61 heavy (non-hydrogen) atoms. The van der Waals surface area contributed by atoms with Gasteiger partial charge in [-0.25, -0.2) is 4.79 Å². The largest absolute Gasteiger partial charge is 0.467 e. The summed E-state index contributed by atoms with van der Waals surface area (Å²) in [5, 5.41) is 0. The summed E-state index contributed by atoms with van der Waals surface area (Å²) in [5.74, 6) is -0.667. The molecule has 5 aromatic carbocycles. The Balaban J connectivity index is 1.16. The van der Waals surface area contributed by atoms with Crippen LogP contribution in [0.15, 0.2) is 152 Å². The second-order valence-electron chi connectivity index (χ2n) is 15.0. The lowest BCUT2D eigenvalue weighted by atomic mass is 9.95. The number of rotatable bonds is 17. The van der Waals surface area contributed by atoms with E-state index in [1.807, 2.05) is 152 Å². The molecule has 0 N–H and O–H groups in total. The average molecular weight is 833 g/mol. The number of esters is 1. The van der Waals surface area contributed by atoms with Gasteiger partial charge in [-0.15, -0.1) is 0 Å². The van der Waals surface area contributed by atoms with Crippen molar-refractivity contribution >= 4 is 5.97 Å². The highest BCUT2D eigenvalue weighted by Gasteiger charge is 2.57. The van der Waals surface area contributed by atoms with Crippen LogP contribution in [0.4, 0.5) is 0 Å². The molecule has 0 amide bonds. The zero-order valence-corrected chi connectivity index (χ0v) is 34.2. The van der Waals surface area contributed by atoms with Gasteiger partial charge in [-0.2, -0.15) is 0 Å². The number of benzene rings is 5. The highest BCUT2D eigenvalue weighted by atomic mass is 16.8. The average Bonchev–Trinajstić information content (AvgIpc) is 3.32. The molecule has 320 valence electrons. The van der Waals surface area contributed by atoms with E-state index in [0.717, 1.165) is 27.8 Å². The number of fused-ring (bicyclic) bond motifs is 1. The normalized spacial score (nSPS) is 28.7. The zero-order valence-electron chi connectivity index (χ0n) is 34.2. The number of carbonyl (C=O) groups excluding carboxylic acids is 1. The molecular weight excluding hydrogens is 781 g/mol. The first-order chi connectivity index (χ1) is 30.1. The molecule has 12 nitrogen and oxygen atoms in total. The zero-order chi connectivity index (χ0) is 41.8. The second kappa shape index (κ2) is 21.3. The fourth-order valence-corrected chi connectivity index (χ4v) is 7.85. The van der Waals surface area contributed by atoms with Gasteiger partial charge in [0.15, 0.2) is 25.0 Å². The SMILES string of the molecule is COC(=O)[C@H]1O[C@@H](O[C@@H]2[C@@H](OC)O[C@@H]3CO[C@@H](c4ccccc4)O[C@H]3[C@@H]2OCc2ccccc2)[C@H](OCc2ccccc2)[C@@H](OCc2ccccc2)[C@@H]1OCc1ccccc1. The van der Waals surface area contributed by atoms with E-state index >= 15 is 0 Å². The highest BCUT2D eigenvalue weighted by molar-refractivity contribution is 5.75. The van der Waals surface area contributed by atoms with Crippen LogP contribution in [0.3, 0.4) is 0 Å². The Bertz CT molecular complexity index is 2040. The first-order valence-corrected chi connectivity index (χ1v) is 20.6. The third kappa shape index (κ3) is 10.8. The molecule has 3 aliphatic heterocycles. The molecule has 3 saturated heterocycles. The van der Waals surface area contributed by atoms with E-state index in [2.05, 4.69) is 0 Å². The molecule has 0 spiro atoms. The van der Waals surface area contributed by atoms with E-state index in [-0.39, 0.29) is 33.0 Å². The molecule has 0 radical (unpaired) electrons. The number of hydrogen-bond donors (Lipinski definition) is 0. The van der Waals surface area contributed by atoms with Gasteiger partial charge in [0.2, 0.25) is 0 Å². The van der Waals surface area contributed by atoms with Crippen molar-refractivity contribution in [3.63, 3.8) is 0 Å². The van der Waals surface area contributed by atoms with Gasteiger partial charge in [-0.05, 0) is 22.3 Å². The Labute approximate surface area is 356 Å². The fraction of sp³-hybridized carbons (Fsp3) is 0.367. The molecule has 0 bridgehead atoms. The summed E-state index contributed by atoms with van der Waals surface area (Å²) in [4.78, 5) is 13.8. The summed E-state index contributed by atoms with van der Waals surface area (Å²) in [5.41, 5.74) is 4.51. The fourth-order valence-electron chi connectivity index (χ4n) is 7.85. The quantitative estimate of drug-likeness (QED) is 0.0891. The molecule has 12 heteroatoms. The van der Waals surface area contributed by atoms with Crippen LogP contribution in [-0.4, -0.2) is 88.2 Å². The summed E-state index contributed by atoms with van der Waals surface area (Å²) in [6.45, 7) is 0.948. The lowest BCUT2D eigenvalue weighted by Crippen LogP contribution is -2.67. The Hall–Kier alpha value is -4.83. The van der Waals surface area contributed by atoms with Gasteiger partial charge < -0.3 is 52.1 Å². The van der Waals surface area contributed by atoms with Crippen molar-refractivity contribution in [3.05, 3.63) is 179 Å². The van der Waals surface area contributed by atoms with E-state index in [4.69, 9.17) is 52.1 Å². The number of methoxy groups -OCH3 is 2. The van der Waals surface area contributed by atoms with Crippen molar-refractivity contribution in [2.45, 2.75) is 94.1 Å². The summed E-state index contributed by atoms with van der Waals surface area (Å²) >= 11 is 0. The van der Waals surface area contributed by atoms with E-state index in [9.17, 15) is 4.79 Å². The molecule has 11 atom stereocenters. The van der Waals surface area contributed by atoms with Crippen molar-refractivity contribution in [1.29, 1.82) is 0 Å². The third-order valence-electron chi connectivity index (χ3n) is 10.9. The first kappa shape index (κ1) is 42.8. The minimum atomic E-state index is -1.29. The van der Waals surface area contributed by atoms with Crippen LogP contribution in [0.2, 0.25) is 0 Å². The number of hydrogen-bond acceptors (Lipinski definition) is 12. The Morgan fingerprint density at radius 2 is 0.967 bits per heavy atom. The standard InChI is InChI=1S/C49H52O12/c1-51-46(50)43-41(54-29-34-20-10-4-11-21-34)42(55-30-35-22-12-5-13-23-35)44(56-31-36-24-14-6-15-25-36)49(60-43)61-45-40(53-28-33-18-8-3-9-19-33)39-38(58-48(45)52-2)32-57-47(59-39)37-26-16-7-17-27-37/h3-27,38-45,47-49H,28-32H2,1-2H3/t38-,39-,40+,41+,42+,43+,44-,45+,47-,48+,49+/m1/s1. The van der Waals surface area contributed by atoms with Gasteiger partial charge in [-0.1, -0.05) is 152 Å². The van der Waals surface area contributed by atoms with Crippen LogP contribution in [0.1, 0.15) is 34.1 Å². The lowest BCUT2D eigenvalue weighted by Gasteiger charge is -2.51. The summed E-state index contributed by atoms with van der Waals surface area (Å²) < 4.78 is 71.6. The molecule has 3 aliphatic rings. The smallest absolute Gasteiger partial charge is 0.337 e. The van der Waals surface area contributed by atoms with Crippen LogP contribution in [-0.2, 0) is 83.3 Å². The van der Waals surface area contributed by atoms with Crippen LogP contribution in [0.5, 0.6) is 0 Å². The minimum absolute atomic E-state index is 0.160. The predicted molar refractivity (Wildman–Crippen MR) is 221 cm³/mol. The summed E-state index contributed by atoms with van der Waals surface area (Å²) in [7, 11) is 2.84. The van der Waals surface area contributed by atoms with E-state index < -0.39 is 73.7 Å². The van der Waals surface area contributed by atoms with Crippen molar-refractivity contribution < 1.29 is 56.9 Å². The maximum absolute atomic E-state index is 13.8. The van der Waals surface area contributed by atoms with E-state index in [1.54, 1.807) is 0 Å². The molecule has 3 fully saturated rings. The predicted octanol–water partition coefficient (Wildman–Crippen LogP) is 7.10. The van der Waals surface area contributed by atoms with Crippen LogP contribution in [0, 0.1) is 0 Å². The van der Waals surface area contributed by atoms with E-state index in [1.165, 1.54) is 14.2 Å². The van der Waals surface area contributed by atoms with Crippen molar-refractivity contribution in [2.24, 2.45) is 0 Å². The molecule has 5 aromatic rings. The van der Waals surface area contributed by atoms with E-state index in [0.29, 0.717) is 0 Å². The summed E-state index contributed by atoms with van der Waals surface area (Å²) in [6.07, 6.45) is -10.1. The topological polar surface area (TPSA) is 119 Å². The lowest BCUT2D eigenvalue weighted by molar-refractivity contribution is -0.397. The molecule has 0 aliphatic carbocycles. The number of carbonyl (C=O) groups is 1. The van der Waals surface area contributed by atoms with Crippen LogP contribution < -0.4 is 0 Å². The molecule has 3 heterocycles. The molecule has 0 unspecified atom stereocenters. The maximum Gasteiger partial charge on any atom is 0.337 e. The summed E-state index contributed by atoms with van der Waals surface area (Å²) in [6, 6.07) is 48.7. The number of ether oxygens (including phenoxy) is 11. The maximum atomic E-state index is 13.8. The monoisotopic (exact) mass is 832 g/mol. The van der Waals surface area contributed by atoms with Crippen LogP contribution >= 0.6 is 0 Å². The van der Waals surface area contributed by atoms with Crippen molar-refractivity contribution in [2.75, 3.05) is 20.8 Å². The van der Waals surface area contributed by atoms with Gasteiger partial charge >= 0.3 is 5.97 Å². The van der Waals surface area contributed by atoms with Gasteiger partial charge in [0, 0.05) is 12.7 Å². The Kier molecular flexibility index (Phi) is 15.0.